The van der Waals surface area contributed by atoms with Crippen molar-refractivity contribution in [2.45, 2.75) is 13.0 Å². The summed E-state index contributed by atoms with van der Waals surface area (Å²) in [5, 5.41) is 9.85. The number of amides is 1. The molecule has 4 nitrogen and oxygen atoms in total. The summed E-state index contributed by atoms with van der Waals surface area (Å²) in [7, 11) is 0. The van der Waals surface area contributed by atoms with Crippen LogP contribution in [-0.4, -0.2) is 22.3 Å². The minimum atomic E-state index is -0.204. The van der Waals surface area contributed by atoms with Gasteiger partial charge in [-0.25, -0.2) is 0 Å². The van der Waals surface area contributed by atoms with Crippen LogP contribution in [0.25, 0.3) is 6.08 Å². The molecule has 1 heterocycles. The zero-order valence-corrected chi connectivity index (χ0v) is 14.3. The molecule has 24 heavy (non-hydrogen) atoms. The van der Waals surface area contributed by atoms with Crippen molar-refractivity contribution in [2.24, 2.45) is 0 Å². The Hall–Kier alpha value is -2.35. The van der Waals surface area contributed by atoms with Crippen molar-refractivity contribution in [3.05, 3.63) is 70.0 Å². The maximum atomic E-state index is 12.5. The van der Waals surface area contributed by atoms with E-state index >= 15 is 0 Å². The first-order valence-electron chi connectivity index (χ1n) is 7.28. The summed E-state index contributed by atoms with van der Waals surface area (Å²) >= 11 is 12.0. The SMILES string of the molecule is N#CCCN(Cc1cccnc1)C(=O)/C=C/c1cc(Cl)ccc1Cl. The molecular weight excluding hydrogens is 345 g/mol. The van der Waals surface area contributed by atoms with Gasteiger partial charge in [0.2, 0.25) is 5.91 Å². The number of halogens is 2. The van der Waals surface area contributed by atoms with Gasteiger partial charge >= 0.3 is 0 Å². The van der Waals surface area contributed by atoms with Crippen molar-refractivity contribution in [2.75, 3.05) is 6.54 Å². The Kier molecular flexibility index (Phi) is 6.80. The number of carbonyl (C=O) groups excluding carboxylic acids is 1. The van der Waals surface area contributed by atoms with Gasteiger partial charge in [0.1, 0.15) is 0 Å². The molecule has 0 atom stereocenters. The molecule has 0 aliphatic heterocycles. The molecule has 1 amide bonds. The van der Waals surface area contributed by atoms with Gasteiger partial charge in [-0.2, -0.15) is 5.26 Å². The normalized spacial score (nSPS) is 10.5. The van der Waals surface area contributed by atoms with E-state index in [2.05, 4.69) is 11.1 Å². The molecule has 1 aromatic carbocycles. The van der Waals surface area contributed by atoms with Crippen molar-refractivity contribution in [1.82, 2.24) is 9.88 Å². The molecule has 122 valence electrons. The lowest BCUT2D eigenvalue weighted by atomic mass is 10.2. The van der Waals surface area contributed by atoms with Gasteiger partial charge in [-0.15, -0.1) is 0 Å². The fourth-order valence-electron chi connectivity index (χ4n) is 2.07. The van der Waals surface area contributed by atoms with Crippen LogP contribution in [0.4, 0.5) is 0 Å². The highest BCUT2D eigenvalue weighted by Crippen LogP contribution is 2.22. The second kappa shape index (κ2) is 9.07. The van der Waals surface area contributed by atoms with Crippen molar-refractivity contribution in [3.63, 3.8) is 0 Å². The average molecular weight is 360 g/mol. The van der Waals surface area contributed by atoms with Crippen LogP contribution in [0.15, 0.2) is 48.8 Å². The second-order valence-electron chi connectivity index (χ2n) is 5.03. The highest BCUT2D eigenvalue weighted by molar-refractivity contribution is 6.34. The first kappa shape index (κ1) is 18.0. The third-order valence-corrected chi connectivity index (χ3v) is 3.84. The van der Waals surface area contributed by atoms with E-state index < -0.39 is 0 Å². The number of benzene rings is 1. The molecule has 0 spiro atoms. The van der Waals surface area contributed by atoms with E-state index in [1.807, 2.05) is 12.1 Å². The Morgan fingerprint density at radius 1 is 1.33 bits per heavy atom. The van der Waals surface area contributed by atoms with Gasteiger partial charge in [0.25, 0.3) is 0 Å². The molecule has 2 rings (SSSR count). The van der Waals surface area contributed by atoms with Crippen molar-refractivity contribution >= 4 is 35.2 Å². The van der Waals surface area contributed by atoms with Crippen molar-refractivity contribution in [1.29, 1.82) is 5.26 Å². The predicted octanol–water partition coefficient (Wildman–Crippen LogP) is 4.34. The lowest BCUT2D eigenvalue weighted by molar-refractivity contribution is -0.126. The molecule has 2 aromatic rings. The minimum absolute atomic E-state index is 0.204. The Bertz CT molecular complexity index is 770. The van der Waals surface area contributed by atoms with Crippen LogP contribution in [0, 0.1) is 11.3 Å². The van der Waals surface area contributed by atoms with E-state index in [1.165, 1.54) is 6.08 Å². The fraction of sp³-hybridized carbons (Fsp3) is 0.167. The molecule has 0 radical (unpaired) electrons. The zero-order chi connectivity index (χ0) is 17.4. The smallest absolute Gasteiger partial charge is 0.246 e. The number of nitrogens with zero attached hydrogens (tertiary/aromatic N) is 3. The number of hydrogen-bond donors (Lipinski definition) is 0. The number of hydrogen-bond acceptors (Lipinski definition) is 3. The number of nitriles is 1. The molecule has 0 fully saturated rings. The van der Waals surface area contributed by atoms with Crippen LogP contribution < -0.4 is 0 Å². The lowest BCUT2D eigenvalue weighted by Gasteiger charge is -2.20. The van der Waals surface area contributed by atoms with E-state index in [4.69, 9.17) is 28.5 Å². The summed E-state index contributed by atoms with van der Waals surface area (Å²) in [5.41, 5.74) is 1.57. The van der Waals surface area contributed by atoms with Gasteiger partial charge in [0.15, 0.2) is 0 Å². The van der Waals surface area contributed by atoms with Gasteiger partial charge in [-0.1, -0.05) is 29.3 Å². The van der Waals surface area contributed by atoms with Gasteiger partial charge in [-0.05, 0) is 41.5 Å². The highest BCUT2D eigenvalue weighted by Gasteiger charge is 2.11. The third-order valence-electron chi connectivity index (χ3n) is 3.26. The number of pyridine rings is 1. The van der Waals surface area contributed by atoms with E-state index in [9.17, 15) is 4.79 Å². The molecule has 0 saturated carbocycles. The summed E-state index contributed by atoms with van der Waals surface area (Å²) in [5.74, 6) is -0.204. The molecule has 0 unspecified atom stereocenters. The molecule has 0 bridgehead atoms. The van der Waals surface area contributed by atoms with Crippen molar-refractivity contribution in [3.8, 4) is 6.07 Å². The van der Waals surface area contributed by atoms with Crippen LogP contribution in [0.5, 0.6) is 0 Å². The minimum Gasteiger partial charge on any atom is -0.334 e. The Morgan fingerprint density at radius 2 is 2.17 bits per heavy atom. The maximum Gasteiger partial charge on any atom is 0.246 e. The van der Waals surface area contributed by atoms with Crippen LogP contribution in [0.3, 0.4) is 0 Å². The second-order valence-corrected chi connectivity index (χ2v) is 5.87. The van der Waals surface area contributed by atoms with Crippen LogP contribution >= 0.6 is 23.2 Å². The number of aromatic nitrogens is 1. The topological polar surface area (TPSA) is 57.0 Å². The van der Waals surface area contributed by atoms with E-state index in [0.717, 1.165) is 5.56 Å². The summed E-state index contributed by atoms with van der Waals surface area (Å²) in [6, 6.07) is 10.8. The molecule has 6 heteroatoms. The molecule has 0 saturated heterocycles. The molecule has 0 aliphatic carbocycles. The number of rotatable bonds is 6. The lowest BCUT2D eigenvalue weighted by Crippen LogP contribution is -2.29. The summed E-state index contributed by atoms with van der Waals surface area (Å²) in [6.07, 6.45) is 6.69. The molecular formula is C18H15Cl2N3O. The largest absolute Gasteiger partial charge is 0.334 e. The summed E-state index contributed by atoms with van der Waals surface area (Å²) in [4.78, 5) is 18.1. The third kappa shape index (κ3) is 5.38. The average Bonchev–Trinajstić information content (AvgIpc) is 2.60. The molecule has 1 aromatic heterocycles. The first-order chi connectivity index (χ1) is 11.6. The fourth-order valence-corrected chi connectivity index (χ4v) is 2.43. The quantitative estimate of drug-likeness (QED) is 0.720. The highest BCUT2D eigenvalue weighted by atomic mass is 35.5. The number of carbonyl (C=O) groups is 1. The van der Waals surface area contributed by atoms with Gasteiger partial charge < -0.3 is 4.90 Å². The van der Waals surface area contributed by atoms with Gasteiger partial charge in [-0.3, -0.25) is 9.78 Å². The molecule has 0 aliphatic rings. The monoisotopic (exact) mass is 359 g/mol. The van der Waals surface area contributed by atoms with Gasteiger partial charge in [0, 0.05) is 41.6 Å². The summed E-state index contributed by atoms with van der Waals surface area (Å²) in [6.45, 7) is 0.736. The van der Waals surface area contributed by atoms with Crippen LogP contribution in [0.1, 0.15) is 17.5 Å². The van der Waals surface area contributed by atoms with Crippen LogP contribution in [-0.2, 0) is 11.3 Å². The molecule has 0 N–H and O–H groups in total. The Morgan fingerprint density at radius 3 is 2.88 bits per heavy atom. The van der Waals surface area contributed by atoms with E-state index in [1.54, 1.807) is 41.6 Å². The standard InChI is InChI=1S/C18H15Cl2N3O/c19-16-5-6-17(20)15(11-16)4-7-18(24)23(10-2-8-21)13-14-3-1-9-22-12-14/h1,3-7,9,11-12H,2,10,13H2/b7-4+. The van der Waals surface area contributed by atoms with Crippen molar-refractivity contribution < 1.29 is 4.79 Å². The van der Waals surface area contributed by atoms with Gasteiger partial charge in [0.05, 0.1) is 12.5 Å². The predicted molar refractivity (Wildman–Crippen MR) is 95.4 cm³/mol. The summed E-state index contributed by atoms with van der Waals surface area (Å²) < 4.78 is 0. The first-order valence-corrected chi connectivity index (χ1v) is 8.03. The Balaban J connectivity index is 2.13. The Labute approximate surface area is 150 Å². The van der Waals surface area contributed by atoms with E-state index in [-0.39, 0.29) is 12.3 Å². The van der Waals surface area contributed by atoms with E-state index in [0.29, 0.717) is 28.7 Å². The van der Waals surface area contributed by atoms with Crippen LogP contribution in [0.2, 0.25) is 10.0 Å². The maximum absolute atomic E-state index is 12.5. The zero-order valence-electron chi connectivity index (χ0n) is 12.8.